The van der Waals surface area contributed by atoms with E-state index >= 15 is 0 Å². The van der Waals surface area contributed by atoms with Crippen molar-refractivity contribution in [3.63, 3.8) is 0 Å². The first-order chi connectivity index (χ1) is 13.3. The van der Waals surface area contributed by atoms with E-state index in [1.165, 1.54) is 27.0 Å². The number of carbonyl (C=O) groups is 1. The standard InChI is InChI=1S/C18H26N4O3S3/c1-4-13(5-2)17-20-21-18(27-17)19-16(23)14-7-6-10-22(11-14)28(24,25)15-9-8-12(3)26-15/h8-9,13-14H,4-7,10-11H2,1-3H3,(H,19,21,23). The number of thiophene rings is 1. The lowest BCUT2D eigenvalue weighted by Gasteiger charge is -2.30. The van der Waals surface area contributed by atoms with Gasteiger partial charge < -0.3 is 5.32 Å². The highest BCUT2D eigenvalue weighted by atomic mass is 32.2. The second-order valence-electron chi connectivity index (χ2n) is 7.02. The van der Waals surface area contributed by atoms with E-state index in [0.29, 0.717) is 34.6 Å². The van der Waals surface area contributed by atoms with Crippen LogP contribution < -0.4 is 5.32 Å². The predicted octanol–water partition coefficient (Wildman–Crippen LogP) is 3.85. The van der Waals surface area contributed by atoms with Crippen molar-refractivity contribution in [1.82, 2.24) is 14.5 Å². The summed E-state index contributed by atoms with van der Waals surface area (Å²) in [4.78, 5) is 13.7. The fourth-order valence-corrected chi connectivity index (χ4v) is 7.32. The molecule has 0 aliphatic carbocycles. The summed E-state index contributed by atoms with van der Waals surface area (Å²) in [5.41, 5.74) is 0. The summed E-state index contributed by atoms with van der Waals surface area (Å²) in [6, 6.07) is 3.44. The van der Waals surface area contributed by atoms with Crippen molar-refractivity contribution in [3.05, 3.63) is 22.0 Å². The third kappa shape index (κ3) is 4.61. The number of aromatic nitrogens is 2. The lowest BCUT2D eigenvalue weighted by atomic mass is 9.99. The lowest BCUT2D eigenvalue weighted by molar-refractivity contribution is -0.120. The number of sulfonamides is 1. The van der Waals surface area contributed by atoms with Gasteiger partial charge in [0.25, 0.3) is 10.0 Å². The van der Waals surface area contributed by atoms with E-state index < -0.39 is 10.0 Å². The number of hydrogen-bond acceptors (Lipinski definition) is 7. The Morgan fingerprint density at radius 1 is 1.29 bits per heavy atom. The molecule has 154 valence electrons. The molecule has 1 N–H and O–H groups in total. The molecule has 1 amide bonds. The number of rotatable bonds is 7. The first-order valence-electron chi connectivity index (χ1n) is 9.56. The average Bonchev–Trinajstić information content (AvgIpc) is 3.32. The summed E-state index contributed by atoms with van der Waals surface area (Å²) in [6.45, 7) is 6.75. The van der Waals surface area contributed by atoms with Gasteiger partial charge in [0.15, 0.2) is 0 Å². The molecule has 1 atom stereocenters. The molecule has 1 saturated heterocycles. The van der Waals surface area contributed by atoms with Crippen LogP contribution >= 0.6 is 22.7 Å². The molecule has 0 spiro atoms. The molecular formula is C18H26N4O3S3. The molecule has 0 saturated carbocycles. The average molecular weight is 443 g/mol. The van der Waals surface area contributed by atoms with Crippen LogP contribution in [0.25, 0.3) is 0 Å². The number of carbonyl (C=O) groups excluding carboxylic acids is 1. The fraction of sp³-hybridized carbons (Fsp3) is 0.611. The third-order valence-corrected chi connectivity index (χ3v) is 9.40. The van der Waals surface area contributed by atoms with Gasteiger partial charge in [-0.3, -0.25) is 4.79 Å². The van der Waals surface area contributed by atoms with Crippen molar-refractivity contribution in [2.45, 2.75) is 56.6 Å². The molecule has 2 aromatic heterocycles. The first-order valence-corrected chi connectivity index (χ1v) is 12.6. The van der Waals surface area contributed by atoms with Crippen LogP contribution in [0.15, 0.2) is 16.3 Å². The predicted molar refractivity (Wildman–Crippen MR) is 112 cm³/mol. The van der Waals surface area contributed by atoms with Crippen molar-refractivity contribution >= 4 is 43.7 Å². The van der Waals surface area contributed by atoms with Gasteiger partial charge in [-0.25, -0.2) is 8.42 Å². The molecule has 0 bridgehead atoms. The fourth-order valence-electron chi connectivity index (χ4n) is 3.35. The summed E-state index contributed by atoms with van der Waals surface area (Å²) >= 11 is 2.67. The summed E-state index contributed by atoms with van der Waals surface area (Å²) in [5, 5.41) is 12.6. The minimum absolute atomic E-state index is 0.186. The number of hydrogen-bond donors (Lipinski definition) is 1. The van der Waals surface area contributed by atoms with Crippen molar-refractivity contribution in [1.29, 1.82) is 0 Å². The molecular weight excluding hydrogens is 416 g/mol. The molecule has 0 radical (unpaired) electrons. The summed E-state index contributed by atoms with van der Waals surface area (Å²) in [6.07, 6.45) is 3.30. The van der Waals surface area contributed by atoms with E-state index in [1.807, 2.05) is 6.92 Å². The Morgan fingerprint density at radius 3 is 2.68 bits per heavy atom. The maximum Gasteiger partial charge on any atom is 0.252 e. The number of anilines is 1. The maximum absolute atomic E-state index is 12.9. The zero-order valence-electron chi connectivity index (χ0n) is 16.3. The van der Waals surface area contributed by atoms with Crippen LogP contribution in [-0.4, -0.2) is 41.9 Å². The van der Waals surface area contributed by atoms with Gasteiger partial charge in [0.2, 0.25) is 11.0 Å². The minimum atomic E-state index is -3.55. The summed E-state index contributed by atoms with van der Waals surface area (Å²) in [7, 11) is -3.55. The quantitative estimate of drug-likeness (QED) is 0.703. The molecule has 7 nitrogen and oxygen atoms in total. The number of amides is 1. The third-order valence-electron chi connectivity index (χ3n) is 5.07. The zero-order valence-corrected chi connectivity index (χ0v) is 18.8. The van der Waals surface area contributed by atoms with Crippen LogP contribution in [0, 0.1) is 12.8 Å². The molecule has 0 aromatic carbocycles. The maximum atomic E-state index is 12.9. The van der Waals surface area contributed by atoms with Gasteiger partial charge in [0, 0.05) is 23.9 Å². The van der Waals surface area contributed by atoms with Crippen LogP contribution in [0.4, 0.5) is 5.13 Å². The van der Waals surface area contributed by atoms with Crippen molar-refractivity contribution < 1.29 is 13.2 Å². The van der Waals surface area contributed by atoms with E-state index in [2.05, 4.69) is 29.4 Å². The Balaban J connectivity index is 1.66. The molecule has 10 heteroatoms. The van der Waals surface area contributed by atoms with Crippen molar-refractivity contribution in [2.75, 3.05) is 18.4 Å². The summed E-state index contributed by atoms with van der Waals surface area (Å²) in [5.74, 6) is -0.215. The number of nitrogens with one attached hydrogen (secondary N) is 1. The van der Waals surface area contributed by atoms with Crippen LogP contribution in [0.3, 0.4) is 0 Å². The topological polar surface area (TPSA) is 92.3 Å². The SMILES string of the molecule is CCC(CC)c1nnc(NC(=O)C2CCCN(S(=O)(=O)c3ccc(C)s3)C2)s1. The highest BCUT2D eigenvalue weighted by Gasteiger charge is 2.34. The second-order valence-corrected chi connectivity index (χ2v) is 11.5. The Hall–Kier alpha value is -1.36. The van der Waals surface area contributed by atoms with Crippen LogP contribution in [-0.2, 0) is 14.8 Å². The van der Waals surface area contributed by atoms with Gasteiger partial charge in [-0.05, 0) is 44.7 Å². The molecule has 3 heterocycles. The Morgan fingerprint density at radius 2 is 2.04 bits per heavy atom. The molecule has 28 heavy (non-hydrogen) atoms. The minimum Gasteiger partial charge on any atom is -0.300 e. The normalized spacial score (nSPS) is 18.5. The monoisotopic (exact) mass is 442 g/mol. The number of aryl methyl sites for hydroxylation is 1. The van der Waals surface area contributed by atoms with Crippen LogP contribution in [0.2, 0.25) is 0 Å². The van der Waals surface area contributed by atoms with Gasteiger partial charge in [0.05, 0.1) is 5.92 Å². The van der Waals surface area contributed by atoms with E-state index in [4.69, 9.17) is 0 Å². The Labute approximate surface area is 174 Å². The van der Waals surface area contributed by atoms with Gasteiger partial charge in [0.1, 0.15) is 9.22 Å². The molecule has 1 fully saturated rings. The highest BCUT2D eigenvalue weighted by molar-refractivity contribution is 7.91. The molecule has 3 rings (SSSR count). The van der Waals surface area contributed by atoms with Crippen LogP contribution in [0.1, 0.15) is 55.3 Å². The van der Waals surface area contributed by atoms with E-state index in [0.717, 1.165) is 22.7 Å². The Bertz CT molecular complexity index is 918. The van der Waals surface area contributed by atoms with Gasteiger partial charge in [-0.2, -0.15) is 4.31 Å². The second kappa shape index (κ2) is 8.98. The van der Waals surface area contributed by atoms with Gasteiger partial charge in [-0.15, -0.1) is 21.5 Å². The van der Waals surface area contributed by atoms with E-state index in [1.54, 1.807) is 12.1 Å². The Kier molecular flexibility index (Phi) is 6.85. The highest BCUT2D eigenvalue weighted by Crippen LogP contribution is 2.30. The number of nitrogens with zero attached hydrogens (tertiary/aromatic N) is 3. The van der Waals surface area contributed by atoms with E-state index in [9.17, 15) is 13.2 Å². The number of piperidine rings is 1. The zero-order chi connectivity index (χ0) is 20.3. The van der Waals surface area contributed by atoms with Crippen LogP contribution in [0.5, 0.6) is 0 Å². The summed E-state index contributed by atoms with van der Waals surface area (Å²) < 4.78 is 27.5. The smallest absolute Gasteiger partial charge is 0.252 e. The van der Waals surface area contributed by atoms with Gasteiger partial charge in [-0.1, -0.05) is 25.2 Å². The van der Waals surface area contributed by atoms with Crippen molar-refractivity contribution in [2.24, 2.45) is 5.92 Å². The molecule has 1 aliphatic heterocycles. The van der Waals surface area contributed by atoms with E-state index in [-0.39, 0.29) is 18.4 Å². The van der Waals surface area contributed by atoms with Gasteiger partial charge >= 0.3 is 0 Å². The van der Waals surface area contributed by atoms with Crippen molar-refractivity contribution in [3.8, 4) is 0 Å². The molecule has 1 aliphatic rings. The largest absolute Gasteiger partial charge is 0.300 e. The molecule has 1 unspecified atom stereocenters. The first kappa shape index (κ1) is 21.4. The molecule has 2 aromatic rings. The lowest BCUT2D eigenvalue weighted by Crippen LogP contribution is -2.43.